The molecule has 1 aliphatic rings. The first-order valence-corrected chi connectivity index (χ1v) is 6.44. The monoisotopic (exact) mass is 264 g/mol. The van der Waals surface area contributed by atoms with Crippen LogP contribution in [0.2, 0.25) is 0 Å². The van der Waals surface area contributed by atoms with E-state index in [1.165, 1.54) is 6.07 Å². The van der Waals surface area contributed by atoms with Gasteiger partial charge in [0.05, 0.1) is 12.7 Å². The van der Waals surface area contributed by atoms with Crippen LogP contribution in [-0.4, -0.2) is 55.3 Å². The molecule has 0 spiro atoms. The van der Waals surface area contributed by atoms with Gasteiger partial charge in [-0.25, -0.2) is 0 Å². The summed E-state index contributed by atoms with van der Waals surface area (Å²) < 4.78 is 5.59. The van der Waals surface area contributed by atoms with E-state index in [-0.39, 0.29) is 17.8 Å². The Balaban J connectivity index is 1.90. The Kier molecular flexibility index (Phi) is 4.39. The predicted molar refractivity (Wildman–Crippen MR) is 72.4 cm³/mol. The van der Waals surface area contributed by atoms with Crippen molar-refractivity contribution in [2.45, 2.75) is 13.0 Å². The van der Waals surface area contributed by atoms with E-state index in [1.807, 2.05) is 7.05 Å². The van der Waals surface area contributed by atoms with Gasteiger partial charge in [0.15, 0.2) is 0 Å². The van der Waals surface area contributed by atoms with Crippen LogP contribution in [0.3, 0.4) is 0 Å². The van der Waals surface area contributed by atoms with Crippen LogP contribution < -0.4 is 5.32 Å². The van der Waals surface area contributed by atoms with E-state index in [0.717, 1.165) is 18.7 Å². The van der Waals surface area contributed by atoms with Crippen molar-refractivity contribution in [1.29, 1.82) is 0 Å². The van der Waals surface area contributed by atoms with Crippen molar-refractivity contribution in [2.75, 3.05) is 33.3 Å². The van der Waals surface area contributed by atoms with Gasteiger partial charge in [-0.3, -0.25) is 4.79 Å². The normalized spacial score (nSPS) is 20.2. The van der Waals surface area contributed by atoms with E-state index in [9.17, 15) is 9.90 Å². The minimum absolute atomic E-state index is 0.0418. The SMILES string of the molecule is Cc1cc(O)ccc1C(=O)NCC1CN(C)CCO1. The maximum absolute atomic E-state index is 12.0. The van der Waals surface area contributed by atoms with Crippen molar-refractivity contribution in [1.82, 2.24) is 10.2 Å². The van der Waals surface area contributed by atoms with Crippen molar-refractivity contribution in [3.05, 3.63) is 29.3 Å². The summed E-state index contributed by atoms with van der Waals surface area (Å²) in [5, 5.41) is 12.2. The highest BCUT2D eigenvalue weighted by Crippen LogP contribution is 2.15. The van der Waals surface area contributed by atoms with Crippen molar-refractivity contribution < 1.29 is 14.6 Å². The third-order valence-electron chi connectivity index (χ3n) is 3.29. The molecule has 5 nitrogen and oxygen atoms in total. The summed E-state index contributed by atoms with van der Waals surface area (Å²) >= 11 is 0. The van der Waals surface area contributed by atoms with Crippen LogP contribution in [0, 0.1) is 6.92 Å². The number of amides is 1. The van der Waals surface area contributed by atoms with Crippen LogP contribution in [-0.2, 0) is 4.74 Å². The molecular weight excluding hydrogens is 244 g/mol. The lowest BCUT2D eigenvalue weighted by molar-refractivity contribution is -0.0175. The van der Waals surface area contributed by atoms with Gasteiger partial charge in [0.25, 0.3) is 5.91 Å². The number of hydrogen-bond acceptors (Lipinski definition) is 4. The molecule has 2 rings (SSSR count). The molecule has 0 aromatic heterocycles. The minimum Gasteiger partial charge on any atom is -0.508 e. The van der Waals surface area contributed by atoms with Gasteiger partial charge in [-0.2, -0.15) is 0 Å². The predicted octanol–water partition coefficient (Wildman–Crippen LogP) is 0.761. The number of carbonyl (C=O) groups is 1. The largest absolute Gasteiger partial charge is 0.508 e. The number of hydrogen-bond donors (Lipinski definition) is 2. The Bertz CT molecular complexity index is 462. The third-order valence-corrected chi connectivity index (χ3v) is 3.29. The quantitative estimate of drug-likeness (QED) is 0.846. The lowest BCUT2D eigenvalue weighted by atomic mass is 10.1. The maximum Gasteiger partial charge on any atom is 0.251 e. The molecule has 0 saturated carbocycles. The molecule has 1 aromatic rings. The minimum atomic E-state index is -0.130. The number of morpholine rings is 1. The van der Waals surface area contributed by atoms with Gasteiger partial charge in [0, 0.05) is 25.2 Å². The Labute approximate surface area is 113 Å². The van der Waals surface area contributed by atoms with Gasteiger partial charge in [0.2, 0.25) is 0 Å². The van der Waals surface area contributed by atoms with Crippen molar-refractivity contribution in [2.24, 2.45) is 0 Å². The molecule has 0 aliphatic carbocycles. The zero-order valence-corrected chi connectivity index (χ0v) is 11.3. The zero-order valence-electron chi connectivity index (χ0n) is 11.3. The van der Waals surface area contributed by atoms with Gasteiger partial charge in [-0.1, -0.05) is 0 Å². The summed E-state index contributed by atoms with van der Waals surface area (Å²) in [6, 6.07) is 4.74. The molecule has 1 saturated heterocycles. The van der Waals surface area contributed by atoms with Crippen LogP contribution in [0.5, 0.6) is 5.75 Å². The smallest absolute Gasteiger partial charge is 0.251 e. The summed E-state index contributed by atoms with van der Waals surface area (Å²) in [4.78, 5) is 14.2. The maximum atomic E-state index is 12.0. The third kappa shape index (κ3) is 3.68. The van der Waals surface area contributed by atoms with Gasteiger partial charge in [-0.15, -0.1) is 0 Å². The number of benzene rings is 1. The number of nitrogens with one attached hydrogen (secondary N) is 1. The van der Waals surface area contributed by atoms with Gasteiger partial charge in [-0.05, 0) is 37.7 Å². The number of aryl methyl sites for hydroxylation is 1. The highest BCUT2D eigenvalue weighted by atomic mass is 16.5. The number of aromatic hydroxyl groups is 1. The fourth-order valence-corrected chi connectivity index (χ4v) is 2.19. The fraction of sp³-hybridized carbons (Fsp3) is 0.500. The number of phenolic OH excluding ortho intramolecular Hbond substituents is 1. The lowest BCUT2D eigenvalue weighted by Crippen LogP contribution is -2.46. The Morgan fingerprint density at radius 3 is 3.05 bits per heavy atom. The van der Waals surface area contributed by atoms with E-state index < -0.39 is 0 Å². The van der Waals surface area contributed by atoms with Crippen LogP contribution >= 0.6 is 0 Å². The second-order valence-electron chi connectivity index (χ2n) is 4.96. The molecule has 1 unspecified atom stereocenters. The van der Waals surface area contributed by atoms with Crippen LogP contribution in [0.25, 0.3) is 0 Å². The average Bonchev–Trinajstić information content (AvgIpc) is 2.36. The summed E-state index contributed by atoms with van der Waals surface area (Å²) in [6.45, 7) is 4.77. The number of carbonyl (C=O) groups excluding carboxylic acids is 1. The number of ether oxygens (including phenoxy) is 1. The summed E-state index contributed by atoms with van der Waals surface area (Å²) in [5.41, 5.74) is 1.35. The summed E-state index contributed by atoms with van der Waals surface area (Å²) in [5.74, 6) is 0.0422. The fourth-order valence-electron chi connectivity index (χ4n) is 2.19. The molecule has 0 bridgehead atoms. The molecule has 2 N–H and O–H groups in total. The second-order valence-corrected chi connectivity index (χ2v) is 4.96. The highest BCUT2D eigenvalue weighted by molar-refractivity contribution is 5.95. The van der Waals surface area contributed by atoms with Gasteiger partial charge < -0.3 is 20.1 Å². The molecule has 0 radical (unpaired) electrons. The number of nitrogens with zero attached hydrogens (tertiary/aromatic N) is 1. The molecule has 1 amide bonds. The molecule has 1 fully saturated rings. The van der Waals surface area contributed by atoms with Crippen molar-refractivity contribution in [3.8, 4) is 5.75 Å². The molecule has 19 heavy (non-hydrogen) atoms. The lowest BCUT2D eigenvalue weighted by Gasteiger charge is -2.30. The van der Waals surface area contributed by atoms with Gasteiger partial charge >= 0.3 is 0 Å². The molecule has 1 aromatic carbocycles. The second kappa shape index (κ2) is 6.04. The first-order chi connectivity index (χ1) is 9.06. The van der Waals surface area contributed by atoms with Crippen LogP contribution in [0.1, 0.15) is 15.9 Å². The Hall–Kier alpha value is -1.59. The standard InChI is InChI=1S/C14H20N2O3/c1-10-7-11(17)3-4-13(10)14(18)15-8-12-9-16(2)5-6-19-12/h3-4,7,12,17H,5-6,8-9H2,1-2H3,(H,15,18). The molecule has 1 atom stereocenters. The summed E-state index contributed by atoms with van der Waals surface area (Å²) in [7, 11) is 2.04. The first-order valence-electron chi connectivity index (χ1n) is 6.44. The van der Waals surface area contributed by atoms with E-state index in [4.69, 9.17) is 4.74 Å². The first kappa shape index (κ1) is 13.8. The topological polar surface area (TPSA) is 61.8 Å². The van der Waals surface area contributed by atoms with Crippen molar-refractivity contribution in [3.63, 3.8) is 0 Å². The molecular formula is C14H20N2O3. The Morgan fingerprint density at radius 1 is 1.58 bits per heavy atom. The van der Waals surface area contributed by atoms with E-state index in [2.05, 4.69) is 10.2 Å². The van der Waals surface area contributed by atoms with E-state index in [0.29, 0.717) is 18.7 Å². The molecule has 104 valence electrons. The molecule has 1 aliphatic heterocycles. The van der Waals surface area contributed by atoms with E-state index >= 15 is 0 Å². The van der Waals surface area contributed by atoms with Crippen molar-refractivity contribution >= 4 is 5.91 Å². The van der Waals surface area contributed by atoms with Gasteiger partial charge in [0.1, 0.15) is 5.75 Å². The molecule has 1 heterocycles. The zero-order chi connectivity index (χ0) is 13.8. The van der Waals surface area contributed by atoms with Crippen LogP contribution in [0.15, 0.2) is 18.2 Å². The number of rotatable bonds is 3. The Morgan fingerprint density at radius 2 is 2.37 bits per heavy atom. The average molecular weight is 264 g/mol. The number of likely N-dealkylation sites (N-methyl/N-ethyl adjacent to an activating group) is 1. The number of phenols is 1. The van der Waals surface area contributed by atoms with Crippen LogP contribution in [0.4, 0.5) is 0 Å². The van der Waals surface area contributed by atoms with E-state index in [1.54, 1.807) is 19.1 Å². The summed E-state index contributed by atoms with van der Waals surface area (Å²) in [6.07, 6.45) is 0.0418. The molecule has 5 heteroatoms. The highest BCUT2D eigenvalue weighted by Gasteiger charge is 2.19.